The number of para-hydroxylation sites is 4. The molecule has 0 spiro atoms. The van der Waals surface area contributed by atoms with Crippen molar-refractivity contribution in [2.75, 3.05) is 18.4 Å². The van der Waals surface area contributed by atoms with Gasteiger partial charge in [0.05, 0.1) is 16.0 Å². The monoisotopic (exact) mass is 407 g/mol. The Bertz CT molecular complexity index is 1050. The second kappa shape index (κ2) is 8.17. The number of amides is 1. The molecular formula is C18H16F3N5O3. The van der Waals surface area contributed by atoms with E-state index >= 15 is 0 Å². The molecule has 11 heteroatoms. The van der Waals surface area contributed by atoms with Crippen LogP contribution in [-0.4, -0.2) is 33.5 Å². The van der Waals surface area contributed by atoms with Crippen molar-refractivity contribution in [3.05, 3.63) is 64.5 Å². The molecule has 1 heterocycles. The summed E-state index contributed by atoms with van der Waals surface area (Å²) >= 11 is 0. The van der Waals surface area contributed by atoms with Gasteiger partial charge >= 0.3 is 6.18 Å². The average Bonchev–Trinajstić information content (AvgIpc) is 3.04. The van der Waals surface area contributed by atoms with Gasteiger partial charge < -0.3 is 15.2 Å². The van der Waals surface area contributed by atoms with Gasteiger partial charge in [-0.3, -0.25) is 14.9 Å². The molecule has 29 heavy (non-hydrogen) atoms. The van der Waals surface area contributed by atoms with Crippen LogP contribution in [0.3, 0.4) is 0 Å². The average molecular weight is 407 g/mol. The van der Waals surface area contributed by atoms with E-state index in [1.165, 1.54) is 30.3 Å². The van der Waals surface area contributed by atoms with Crippen LogP contribution in [0.4, 0.5) is 24.5 Å². The first-order chi connectivity index (χ1) is 13.8. The van der Waals surface area contributed by atoms with E-state index < -0.39 is 29.4 Å². The first kappa shape index (κ1) is 20.1. The van der Waals surface area contributed by atoms with E-state index in [0.29, 0.717) is 0 Å². The molecular weight excluding hydrogens is 391 g/mol. The van der Waals surface area contributed by atoms with Crippen molar-refractivity contribution in [3.8, 4) is 0 Å². The molecule has 0 unspecified atom stereocenters. The highest BCUT2D eigenvalue weighted by atomic mass is 19.4. The number of rotatable bonds is 7. The molecule has 0 saturated carbocycles. The quantitative estimate of drug-likeness (QED) is 0.356. The molecule has 8 nitrogen and oxygen atoms in total. The van der Waals surface area contributed by atoms with Gasteiger partial charge in [0.15, 0.2) is 0 Å². The number of carbonyl (C=O) groups excluding carboxylic acids is 1. The van der Waals surface area contributed by atoms with Crippen molar-refractivity contribution in [1.29, 1.82) is 0 Å². The summed E-state index contributed by atoms with van der Waals surface area (Å²) < 4.78 is 40.6. The summed E-state index contributed by atoms with van der Waals surface area (Å²) in [7, 11) is 0. The summed E-state index contributed by atoms with van der Waals surface area (Å²) in [5.41, 5.74) is 0.518. The second-order valence-corrected chi connectivity index (χ2v) is 6.06. The highest BCUT2D eigenvalue weighted by Gasteiger charge is 2.37. The van der Waals surface area contributed by atoms with Gasteiger partial charge in [0.2, 0.25) is 11.7 Å². The number of alkyl halides is 3. The van der Waals surface area contributed by atoms with Crippen molar-refractivity contribution >= 4 is 28.3 Å². The van der Waals surface area contributed by atoms with Crippen molar-refractivity contribution in [2.45, 2.75) is 12.7 Å². The number of anilines is 1. The number of hydrogen-bond donors (Lipinski definition) is 2. The van der Waals surface area contributed by atoms with Crippen molar-refractivity contribution in [2.24, 2.45) is 0 Å². The lowest BCUT2D eigenvalue weighted by molar-refractivity contribution is -0.384. The number of nitro benzene ring substituents is 1. The Morgan fingerprint density at radius 1 is 1.10 bits per heavy atom. The molecule has 1 amide bonds. The molecule has 2 N–H and O–H groups in total. The van der Waals surface area contributed by atoms with E-state index in [4.69, 9.17) is 0 Å². The summed E-state index contributed by atoms with van der Waals surface area (Å²) in [6.45, 7) is -0.326. The van der Waals surface area contributed by atoms with E-state index in [2.05, 4.69) is 15.6 Å². The molecule has 0 saturated heterocycles. The molecule has 2 aromatic carbocycles. The normalized spacial score (nSPS) is 11.4. The number of nitrogens with zero attached hydrogens (tertiary/aromatic N) is 3. The fourth-order valence-corrected chi connectivity index (χ4v) is 2.83. The number of halogens is 3. The van der Waals surface area contributed by atoms with E-state index in [1.54, 1.807) is 18.2 Å². The van der Waals surface area contributed by atoms with Crippen LogP contribution in [-0.2, 0) is 17.5 Å². The van der Waals surface area contributed by atoms with Gasteiger partial charge in [-0.05, 0) is 18.2 Å². The van der Waals surface area contributed by atoms with E-state index in [-0.39, 0.29) is 35.5 Å². The number of carbonyl (C=O) groups is 1. The highest BCUT2D eigenvalue weighted by molar-refractivity contribution is 5.81. The Kier molecular flexibility index (Phi) is 5.66. The van der Waals surface area contributed by atoms with Gasteiger partial charge in [-0.15, -0.1) is 0 Å². The van der Waals surface area contributed by atoms with Crippen LogP contribution in [0.25, 0.3) is 11.0 Å². The van der Waals surface area contributed by atoms with Gasteiger partial charge in [-0.2, -0.15) is 13.2 Å². The maximum absolute atomic E-state index is 13.3. The third-order valence-electron chi connectivity index (χ3n) is 4.07. The third-order valence-corrected chi connectivity index (χ3v) is 4.07. The Morgan fingerprint density at radius 3 is 2.52 bits per heavy atom. The second-order valence-electron chi connectivity index (χ2n) is 6.06. The smallest absolute Gasteiger partial charge is 0.378 e. The predicted octanol–water partition coefficient (Wildman–Crippen LogP) is 3.19. The van der Waals surface area contributed by atoms with Gasteiger partial charge in [0.1, 0.15) is 12.2 Å². The van der Waals surface area contributed by atoms with Crippen LogP contribution in [0, 0.1) is 10.1 Å². The molecule has 3 rings (SSSR count). The Hall–Kier alpha value is -3.63. The zero-order chi connectivity index (χ0) is 21.0. The molecule has 0 fully saturated rings. The van der Waals surface area contributed by atoms with Crippen LogP contribution < -0.4 is 10.6 Å². The molecule has 152 valence electrons. The number of imidazole rings is 1. The van der Waals surface area contributed by atoms with Crippen LogP contribution in [0.15, 0.2) is 48.5 Å². The molecule has 0 aliphatic heterocycles. The van der Waals surface area contributed by atoms with Crippen LogP contribution in [0.1, 0.15) is 5.82 Å². The van der Waals surface area contributed by atoms with Gasteiger partial charge in [0.25, 0.3) is 5.69 Å². The lowest BCUT2D eigenvalue weighted by Gasteiger charge is -2.12. The summed E-state index contributed by atoms with van der Waals surface area (Å²) in [6, 6.07) is 12.0. The number of nitro groups is 1. The molecule has 1 aromatic heterocycles. The first-order valence-electron chi connectivity index (χ1n) is 8.54. The summed E-state index contributed by atoms with van der Waals surface area (Å²) in [6.07, 6.45) is -4.70. The van der Waals surface area contributed by atoms with Crippen LogP contribution in [0.2, 0.25) is 0 Å². The lowest BCUT2D eigenvalue weighted by atomic mass is 10.2. The summed E-state index contributed by atoms with van der Waals surface area (Å²) in [5.74, 6) is -1.78. The molecule has 0 aliphatic rings. The molecule has 0 bridgehead atoms. The maximum Gasteiger partial charge on any atom is 0.449 e. The predicted molar refractivity (Wildman–Crippen MR) is 99.3 cm³/mol. The lowest BCUT2D eigenvalue weighted by Crippen LogP contribution is -2.32. The van der Waals surface area contributed by atoms with Crippen molar-refractivity contribution in [1.82, 2.24) is 14.9 Å². The minimum absolute atomic E-state index is 0.0683. The van der Waals surface area contributed by atoms with E-state index in [0.717, 1.165) is 4.57 Å². The third kappa shape index (κ3) is 4.62. The molecule has 0 aliphatic carbocycles. The maximum atomic E-state index is 13.3. The SMILES string of the molecule is O=C(Cn1c(C(F)(F)F)nc2ccccc21)NCCNc1ccccc1[N+](=O)[O-]. The van der Waals surface area contributed by atoms with Crippen LogP contribution in [0.5, 0.6) is 0 Å². The minimum Gasteiger partial charge on any atom is -0.378 e. The fourth-order valence-electron chi connectivity index (χ4n) is 2.83. The fraction of sp³-hybridized carbons (Fsp3) is 0.222. The van der Waals surface area contributed by atoms with Gasteiger partial charge in [-0.25, -0.2) is 4.98 Å². The zero-order valence-electron chi connectivity index (χ0n) is 14.9. The molecule has 0 radical (unpaired) electrons. The highest BCUT2D eigenvalue weighted by Crippen LogP contribution is 2.31. The Balaban J connectivity index is 1.63. The number of aromatic nitrogens is 2. The number of hydrogen-bond acceptors (Lipinski definition) is 5. The first-order valence-corrected chi connectivity index (χ1v) is 8.54. The largest absolute Gasteiger partial charge is 0.449 e. The van der Waals surface area contributed by atoms with Crippen molar-refractivity contribution in [3.63, 3.8) is 0 Å². The molecule has 3 aromatic rings. The zero-order valence-corrected chi connectivity index (χ0v) is 14.9. The van der Waals surface area contributed by atoms with Gasteiger partial charge in [0, 0.05) is 19.2 Å². The summed E-state index contributed by atoms with van der Waals surface area (Å²) in [4.78, 5) is 26.2. The van der Waals surface area contributed by atoms with Gasteiger partial charge in [-0.1, -0.05) is 24.3 Å². The standard InChI is InChI=1S/C18H16F3N5O3/c19-18(20,21)17-24-13-6-2-3-7-14(13)25(17)11-16(27)23-10-9-22-12-5-1-4-8-15(12)26(28)29/h1-8,22H,9-11H2,(H,23,27). The van der Waals surface area contributed by atoms with Crippen LogP contribution >= 0.6 is 0 Å². The topological polar surface area (TPSA) is 102 Å². The number of fused-ring (bicyclic) bond motifs is 1. The Morgan fingerprint density at radius 2 is 1.79 bits per heavy atom. The molecule has 0 atom stereocenters. The van der Waals surface area contributed by atoms with E-state index in [1.807, 2.05) is 0 Å². The van der Waals surface area contributed by atoms with E-state index in [9.17, 15) is 28.1 Å². The number of benzene rings is 2. The summed E-state index contributed by atoms with van der Waals surface area (Å²) in [5, 5.41) is 16.3. The Labute approximate surface area is 162 Å². The minimum atomic E-state index is -4.70. The number of nitrogens with one attached hydrogen (secondary N) is 2. The van der Waals surface area contributed by atoms with Crippen molar-refractivity contribution < 1.29 is 22.9 Å².